The van der Waals surface area contributed by atoms with Gasteiger partial charge in [-0.2, -0.15) is 0 Å². The first kappa shape index (κ1) is 9.66. The average Bonchev–Trinajstić information content (AvgIpc) is 2.43. The summed E-state index contributed by atoms with van der Waals surface area (Å²) in [6, 6.07) is 2.23. The van der Waals surface area contributed by atoms with Gasteiger partial charge >= 0.3 is 0 Å². The molecule has 2 rings (SSSR count). The predicted octanol–water partition coefficient (Wildman–Crippen LogP) is 2.91. The van der Waals surface area contributed by atoms with Crippen LogP contribution in [-0.4, -0.2) is 0 Å². The Balaban J connectivity index is 2.88. The Labute approximate surface area is 89.0 Å². The van der Waals surface area contributed by atoms with Gasteiger partial charge in [0.05, 0.1) is 0 Å². The van der Waals surface area contributed by atoms with Gasteiger partial charge in [0.15, 0.2) is 11.9 Å². The van der Waals surface area contributed by atoms with Gasteiger partial charge in [0.1, 0.15) is 11.7 Å². The first-order valence-corrected chi connectivity index (χ1v) is 5.84. The normalized spacial score (nSPS) is 11.1. The predicted molar refractivity (Wildman–Crippen MR) is 61.9 cm³/mol. The zero-order chi connectivity index (χ0) is 10.3. The van der Waals surface area contributed by atoms with Crippen LogP contribution in [0.1, 0.15) is 23.1 Å². The van der Waals surface area contributed by atoms with Gasteiger partial charge in [-0.25, -0.2) is 4.57 Å². The highest BCUT2D eigenvalue weighted by Crippen LogP contribution is 2.31. The summed E-state index contributed by atoms with van der Waals surface area (Å²) in [7, 11) is 2.13. The highest BCUT2D eigenvalue weighted by molar-refractivity contribution is 7.19. The van der Waals surface area contributed by atoms with Gasteiger partial charge in [-0.1, -0.05) is 6.92 Å². The molecule has 0 bridgehead atoms. The molecule has 2 aromatic heterocycles. The number of hydrogen-bond donors (Lipinski definition) is 0. The maximum atomic E-state index is 2.23. The van der Waals surface area contributed by atoms with Gasteiger partial charge in [-0.05, 0) is 19.4 Å². The number of aryl methyl sites for hydroxylation is 4. The zero-order valence-corrected chi connectivity index (χ0v) is 10.0. The second-order valence-corrected chi connectivity index (χ2v) is 4.98. The topological polar surface area (TPSA) is 3.88 Å². The molecule has 0 atom stereocenters. The number of rotatable bonds is 1. The quantitative estimate of drug-likeness (QED) is 0.632. The fraction of sp³-hybridized carbons (Fsp3) is 0.417. The zero-order valence-electron chi connectivity index (χ0n) is 9.22. The van der Waals surface area contributed by atoms with Gasteiger partial charge in [0.2, 0.25) is 0 Å². The molecule has 2 heteroatoms. The summed E-state index contributed by atoms with van der Waals surface area (Å²) in [6.07, 6.45) is 3.27. The molecule has 0 unspecified atom stereocenters. The number of fused-ring (bicyclic) bond motifs is 1. The van der Waals surface area contributed by atoms with Crippen molar-refractivity contribution in [2.24, 2.45) is 7.05 Å². The first-order chi connectivity index (χ1) is 6.65. The van der Waals surface area contributed by atoms with Crippen LogP contribution in [0.25, 0.3) is 10.1 Å². The van der Waals surface area contributed by atoms with Crippen LogP contribution in [-0.2, 0) is 13.5 Å². The summed E-state index contributed by atoms with van der Waals surface area (Å²) in [5.41, 5.74) is 2.89. The summed E-state index contributed by atoms with van der Waals surface area (Å²) in [5, 5.41) is 1.43. The van der Waals surface area contributed by atoms with Gasteiger partial charge in [-0.3, -0.25) is 0 Å². The van der Waals surface area contributed by atoms with E-state index in [0.717, 1.165) is 6.42 Å². The Hall–Kier alpha value is -0.890. The molecule has 0 aromatic carbocycles. The fourth-order valence-electron chi connectivity index (χ4n) is 1.91. The SMILES string of the molecule is CCc1c2sc(C)c(C)c2cc[n+]1C. The largest absolute Gasteiger partial charge is 0.204 e. The van der Waals surface area contributed by atoms with Crippen LogP contribution in [0.5, 0.6) is 0 Å². The van der Waals surface area contributed by atoms with E-state index >= 15 is 0 Å². The molecule has 0 radical (unpaired) electrons. The second-order valence-electron chi connectivity index (χ2n) is 3.75. The van der Waals surface area contributed by atoms with Gasteiger partial charge in [-0.15, -0.1) is 11.3 Å². The smallest absolute Gasteiger partial charge is 0.198 e. The number of nitrogens with zero attached hydrogens (tertiary/aromatic N) is 1. The van der Waals surface area contributed by atoms with Crippen LogP contribution >= 0.6 is 11.3 Å². The van der Waals surface area contributed by atoms with Crippen LogP contribution in [0.15, 0.2) is 12.3 Å². The van der Waals surface area contributed by atoms with E-state index in [0.29, 0.717) is 0 Å². The van der Waals surface area contributed by atoms with E-state index in [1.54, 1.807) is 0 Å². The van der Waals surface area contributed by atoms with Crippen LogP contribution in [0.3, 0.4) is 0 Å². The van der Waals surface area contributed by atoms with Gasteiger partial charge < -0.3 is 0 Å². The minimum atomic E-state index is 1.10. The Kier molecular flexibility index (Phi) is 2.31. The molecule has 0 aliphatic carbocycles. The van der Waals surface area contributed by atoms with Crippen molar-refractivity contribution >= 4 is 21.4 Å². The van der Waals surface area contributed by atoms with E-state index in [1.807, 2.05) is 11.3 Å². The number of hydrogen-bond acceptors (Lipinski definition) is 1. The first-order valence-electron chi connectivity index (χ1n) is 5.02. The Morgan fingerprint density at radius 2 is 2.07 bits per heavy atom. The van der Waals surface area contributed by atoms with Crippen molar-refractivity contribution < 1.29 is 4.57 Å². The van der Waals surface area contributed by atoms with Crippen LogP contribution < -0.4 is 4.57 Å². The molecule has 0 amide bonds. The lowest BCUT2D eigenvalue weighted by molar-refractivity contribution is -0.677. The van der Waals surface area contributed by atoms with E-state index < -0.39 is 0 Å². The number of pyridine rings is 1. The molecule has 0 aliphatic heterocycles. The lowest BCUT2D eigenvalue weighted by Gasteiger charge is -1.97. The van der Waals surface area contributed by atoms with E-state index in [4.69, 9.17) is 0 Å². The van der Waals surface area contributed by atoms with Crippen LogP contribution in [0.2, 0.25) is 0 Å². The van der Waals surface area contributed by atoms with Crippen molar-refractivity contribution in [1.82, 2.24) is 0 Å². The van der Waals surface area contributed by atoms with E-state index in [-0.39, 0.29) is 0 Å². The molecule has 1 nitrogen and oxygen atoms in total. The van der Waals surface area contributed by atoms with Crippen molar-refractivity contribution in [2.45, 2.75) is 27.2 Å². The molecule has 0 saturated heterocycles. The molecular formula is C12H16NS+. The third-order valence-corrected chi connectivity index (χ3v) is 4.19. The van der Waals surface area contributed by atoms with E-state index in [9.17, 15) is 0 Å². The Morgan fingerprint density at radius 3 is 2.71 bits per heavy atom. The highest BCUT2D eigenvalue weighted by atomic mass is 32.1. The molecule has 74 valence electrons. The summed E-state index contributed by atoms with van der Waals surface area (Å²) >= 11 is 1.92. The summed E-state index contributed by atoms with van der Waals surface area (Å²) in [5.74, 6) is 0. The maximum Gasteiger partial charge on any atom is 0.198 e. The fourth-order valence-corrected chi connectivity index (χ4v) is 3.21. The van der Waals surface area contributed by atoms with Crippen molar-refractivity contribution in [3.8, 4) is 0 Å². The van der Waals surface area contributed by atoms with Crippen LogP contribution in [0, 0.1) is 13.8 Å². The minimum absolute atomic E-state index is 1.10. The molecule has 14 heavy (non-hydrogen) atoms. The molecule has 0 spiro atoms. The van der Waals surface area contributed by atoms with Crippen LogP contribution in [0.4, 0.5) is 0 Å². The lowest BCUT2D eigenvalue weighted by Crippen LogP contribution is -2.32. The standard InChI is InChI=1S/C12H16NS/c1-5-11-12-10(6-7-13(11)4)8(2)9(3)14-12/h6-7H,5H2,1-4H3/q+1. The number of aromatic nitrogens is 1. The molecule has 0 saturated carbocycles. The summed E-state index contributed by atoms with van der Waals surface area (Å²) in [6.45, 7) is 6.65. The monoisotopic (exact) mass is 206 g/mol. The Morgan fingerprint density at radius 1 is 1.36 bits per heavy atom. The number of thiophene rings is 1. The van der Waals surface area contributed by atoms with Crippen molar-refractivity contribution in [3.63, 3.8) is 0 Å². The van der Waals surface area contributed by atoms with E-state index in [2.05, 4.69) is 44.6 Å². The van der Waals surface area contributed by atoms with E-state index in [1.165, 1.54) is 26.2 Å². The molecule has 0 N–H and O–H groups in total. The lowest BCUT2D eigenvalue weighted by atomic mass is 10.1. The summed E-state index contributed by atoms with van der Waals surface area (Å²) < 4.78 is 3.70. The van der Waals surface area contributed by atoms with Gasteiger partial charge in [0.25, 0.3) is 0 Å². The molecule has 0 aliphatic rings. The van der Waals surface area contributed by atoms with Crippen molar-refractivity contribution in [3.05, 3.63) is 28.4 Å². The molecular weight excluding hydrogens is 190 g/mol. The Bertz CT molecular complexity index is 483. The maximum absolute atomic E-state index is 2.23. The highest BCUT2D eigenvalue weighted by Gasteiger charge is 2.14. The molecule has 2 aromatic rings. The van der Waals surface area contributed by atoms with Crippen molar-refractivity contribution in [1.29, 1.82) is 0 Å². The molecule has 2 heterocycles. The molecule has 0 fully saturated rings. The minimum Gasteiger partial charge on any atom is -0.204 e. The summed E-state index contributed by atoms with van der Waals surface area (Å²) in [4.78, 5) is 1.45. The average molecular weight is 206 g/mol. The van der Waals surface area contributed by atoms with Gasteiger partial charge in [0, 0.05) is 22.8 Å². The third-order valence-electron chi connectivity index (χ3n) is 2.92. The third kappa shape index (κ3) is 1.25. The second kappa shape index (κ2) is 3.35. The van der Waals surface area contributed by atoms with Crippen molar-refractivity contribution in [2.75, 3.05) is 0 Å².